The van der Waals surface area contributed by atoms with Crippen molar-refractivity contribution in [2.45, 2.75) is 37.2 Å². The summed E-state index contributed by atoms with van der Waals surface area (Å²) >= 11 is 0. The van der Waals surface area contributed by atoms with Crippen LogP contribution in [0.15, 0.2) is 89.1 Å². The number of esters is 1. The number of imidazole rings is 1. The summed E-state index contributed by atoms with van der Waals surface area (Å²) in [7, 11) is -1.15. The smallest absolute Gasteiger partial charge is 0.324 e. The third kappa shape index (κ3) is 5.75. The number of methoxy groups -OCH3 is 2. The summed E-state index contributed by atoms with van der Waals surface area (Å²) in [5, 5.41) is 0. The third-order valence-electron chi connectivity index (χ3n) is 6.04. The first-order valence-corrected chi connectivity index (χ1v) is 13.0. The second-order valence-electron chi connectivity index (χ2n) is 8.44. The Morgan fingerprint density at radius 3 is 2.56 bits per heavy atom. The Balaban J connectivity index is 1.50. The van der Waals surface area contributed by atoms with E-state index in [0.29, 0.717) is 18.7 Å². The predicted octanol–water partition coefficient (Wildman–Crippen LogP) is 4.02. The van der Waals surface area contributed by atoms with Gasteiger partial charge in [-0.2, -0.15) is 4.72 Å². The number of nitrogens with one attached hydrogen (secondary N) is 1. The number of allylic oxidation sites excluding steroid dienone is 4. The number of sulfonamides is 1. The van der Waals surface area contributed by atoms with Crippen LogP contribution in [0.1, 0.15) is 24.2 Å². The van der Waals surface area contributed by atoms with Crippen LogP contribution in [0.5, 0.6) is 0 Å². The van der Waals surface area contributed by atoms with Crippen LogP contribution in [0, 0.1) is 6.92 Å². The van der Waals surface area contributed by atoms with Crippen molar-refractivity contribution in [3.8, 4) is 0 Å². The highest BCUT2D eigenvalue weighted by Crippen LogP contribution is 2.20. The minimum absolute atomic E-state index is 0.0705. The lowest BCUT2D eigenvalue weighted by Gasteiger charge is -2.17. The molecule has 2 aromatic carbocycles. The fraction of sp³-hybridized carbons (Fsp3) is 0.259. The van der Waals surface area contributed by atoms with Crippen molar-refractivity contribution in [1.82, 2.24) is 14.3 Å². The molecule has 0 radical (unpaired) electrons. The second kappa shape index (κ2) is 10.9. The van der Waals surface area contributed by atoms with Gasteiger partial charge in [-0.3, -0.25) is 4.79 Å². The lowest BCUT2D eigenvalue weighted by molar-refractivity contribution is -0.142. The first-order chi connectivity index (χ1) is 17.3. The predicted molar refractivity (Wildman–Crippen MR) is 138 cm³/mol. The average molecular weight is 508 g/mol. The van der Waals surface area contributed by atoms with Gasteiger partial charge in [0.15, 0.2) is 0 Å². The van der Waals surface area contributed by atoms with Crippen LogP contribution in [-0.2, 0) is 30.8 Å². The molecule has 9 heteroatoms. The molecular formula is C27H29N3O5S. The van der Waals surface area contributed by atoms with Crippen LogP contribution in [0.4, 0.5) is 0 Å². The van der Waals surface area contributed by atoms with Crippen molar-refractivity contribution < 1.29 is 22.7 Å². The van der Waals surface area contributed by atoms with E-state index in [4.69, 9.17) is 9.47 Å². The fourth-order valence-electron chi connectivity index (χ4n) is 4.11. The number of aromatic nitrogens is 2. The van der Waals surface area contributed by atoms with Gasteiger partial charge in [0.25, 0.3) is 0 Å². The maximum atomic E-state index is 13.1. The van der Waals surface area contributed by atoms with Crippen LogP contribution >= 0.6 is 0 Å². The number of aryl methyl sites for hydroxylation is 1. The first-order valence-electron chi connectivity index (χ1n) is 11.5. The molecule has 1 atom stereocenters. The van der Waals surface area contributed by atoms with Gasteiger partial charge in [0.2, 0.25) is 10.0 Å². The topological polar surface area (TPSA) is 99.5 Å². The number of para-hydroxylation sites is 2. The monoisotopic (exact) mass is 507 g/mol. The molecule has 1 N–H and O–H groups in total. The van der Waals surface area contributed by atoms with Crippen LogP contribution < -0.4 is 4.72 Å². The number of nitrogens with zero attached hydrogens (tertiary/aromatic N) is 2. The van der Waals surface area contributed by atoms with Gasteiger partial charge < -0.3 is 14.0 Å². The first kappa shape index (κ1) is 25.4. The molecule has 3 aromatic rings. The van der Waals surface area contributed by atoms with Crippen molar-refractivity contribution >= 4 is 27.0 Å². The third-order valence-corrected chi connectivity index (χ3v) is 7.53. The van der Waals surface area contributed by atoms with E-state index in [-0.39, 0.29) is 11.3 Å². The Morgan fingerprint density at radius 1 is 1.08 bits per heavy atom. The summed E-state index contributed by atoms with van der Waals surface area (Å²) in [5.41, 5.74) is 3.67. The van der Waals surface area contributed by atoms with Gasteiger partial charge in [-0.1, -0.05) is 36.4 Å². The molecule has 188 valence electrons. The molecule has 0 saturated heterocycles. The molecule has 0 unspecified atom stereocenters. The van der Waals surface area contributed by atoms with E-state index in [1.807, 2.05) is 49.4 Å². The standard InChI is InChI=1S/C27H29N3O5S/c1-19-28-24-9-4-5-10-26(24)30(19)18-21-12-15-23(16-13-21)36(32,33)29-25(27(31)35-3)17-20-7-6-8-22(34-2)14-11-20/h4-5,7-16,25,29H,6,17-18H2,1-3H3/t25-/m0/s1. The van der Waals surface area contributed by atoms with E-state index in [9.17, 15) is 13.2 Å². The van der Waals surface area contributed by atoms with E-state index in [1.54, 1.807) is 37.5 Å². The van der Waals surface area contributed by atoms with Gasteiger partial charge in [0.1, 0.15) is 17.6 Å². The van der Waals surface area contributed by atoms with Crippen LogP contribution in [0.3, 0.4) is 0 Å². The van der Waals surface area contributed by atoms with Crippen LogP contribution in [0.25, 0.3) is 11.0 Å². The van der Waals surface area contributed by atoms with Crippen molar-refractivity contribution in [1.29, 1.82) is 0 Å². The largest absolute Gasteiger partial charge is 0.497 e. The van der Waals surface area contributed by atoms with E-state index in [2.05, 4.69) is 14.3 Å². The highest BCUT2D eigenvalue weighted by atomic mass is 32.2. The molecule has 0 saturated carbocycles. The quantitative estimate of drug-likeness (QED) is 0.439. The lowest BCUT2D eigenvalue weighted by atomic mass is 10.1. The molecule has 4 rings (SSSR count). The number of ether oxygens (including phenoxy) is 2. The Hall–Kier alpha value is -3.69. The molecule has 0 spiro atoms. The normalized spacial score (nSPS) is 14.6. The summed E-state index contributed by atoms with van der Waals surface area (Å²) in [6, 6.07) is 13.4. The zero-order valence-corrected chi connectivity index (χ0v) is 21.3. The van der Waals surface area contributed by atoms with E-state index < -0.39 is 22.0 Å². The van der Waals surface area contributed by atoms with E-state index in [1.165, 1.54) is 7.11 Å². The van der Waals surface area contributed by atoms with Gasteiger partial charge in [0, 0.05) is 6.54 Å². The summed E-state index contributed by atoms with van der Waals surface area (Å²) < 4.78 is 41.0. The maximum Gasteiger partial charge on any atom is 0.324 e. The van der Waals surface area contributed by atoms with Crippen molar-refractivity contribution in [2.75, 3.05) is 14.2 Å². The molecule has 1 heterocycles. The SMILES string of the molecule is COC(=O)[C@H](CC1=CCC=C(OC)C=C1)NS(=O)(=O)c1ccc(Cn2c(C)nc3ccccc32)cc1. The molecule has 1 aromatic heterocycles. The summed E-state index contributed by atoms with van der Waals surface area (Å²) in [5.74, 6) is 0.928. The zero-order chi connectivity index (χ0) is 25.7. The Labute approximate surface area is 211 Å². The van der Waals surface area contributed by atoms with Gasteiger partial charge >= 0.3 is 5.97 Å². The molecule has 0 amide bonds. The minimum atomic E-state index is -3.97. The highest BCUT2D eigenvalue weighted by molar-refractivity contribution is 7.89. The van der Waals surface area contributed by atoms with E-state index in [0.717, 1.165) is 28.0 Å². The van der Waals surface area contributed by atoms with Crippen LogP contribution in [-0.4, -0.2) is 44.2 Å². The van der Waals surface area contributed by atoms with Gasteiger partial charge in [-0.15, -0.1) is 0 Å². The number of carbonyl (C=O) groups excluding carboxylic acids is 1. The molecule has 1 aliphatic rings. The lowest BCUT2D eigenvalue weighted by Crippen LogP contribution is -2.41. The Bertz CT molecular complexity index is 1450. The van der Waals surface area contributed by atoms with Gasteiger partial charge in [-0.05, 0) is 67.3 Å². The Morgan fingerprint density at radius 2 is 1.83 bits per heavy atom. The van der Waals surface area contributed by atoms with Crippen molar-refractivity contribution in [2.24, 2.45) is 0 Å². The fourth-order valence-corrected chi connectivity index (χ4v) is 5.30. The summed E-state index contributed by atoms with van der Waals surface area (Å²) in [6.45, 7) is 2.50. The molecule has 0 aliphatic heterocycles. The zero-order valence-electron chi connectivity index (χ0n) is 20.5. The number of hydrogen-bond donors (Lipinski definition) is 1. The van der Waals surface area contributed by atoms with E-state index >= 15 is 0 Å². The molecule has 8 nitrogen and oxygen atoms in total. The number of benzene rings is 2. The van der Waals surface area contributed by atoms with Crippen molar-refractivity contribution in [3.05, 3.63) is 95.6 Å². The van der Waals surface area contributed by atoms with Crippen LogP contribution in [0.2, 0.25) is 0 Å². The molecular weight excluding hydrogens is 478 g/mol. The minimum Gasteiger partial charge on any atom is -0.497 e. The maximum absolute atomic E-state index is 13.1. The number of fused-ring (bicyclic) bond motifs is 1. The van der Waals surface area contributed by atoms with Crippen molar-refractivity contribution in [3.63, 3.8) is 0 Å². The molecule has 36 heavy (non-hydrogen) atoms. The number of carbonyl (C=O) groups is 1. The molecule has 0 fully saturated rings. The number of hydrogen-bond acceptors (Lipinski definition) is 6. The summed E-state index contributed by atoms with van der Waals surface area (Å²) in [6.07, 6.45) is 8.17. The summed E-state index contributed by atoms with van der Waals surface area (Å²) in [4.78, 5) is 17.1. The average Bonchev–Trinajstić information content (AvgIpc) is 3.03. The number of rotatable bonds is 9. The Kier molecular flexibility index (Phi) is 7.71. The van der Waals surface area contributed by atoms with Gasteiger partial charge in [0.05, 0.1) is 30.1 Å². The molecule has 1 aliphatic carbocycles. The second-order valence-corrected chi connectivity index (χ2v) is 10.2. The molecule has 0 bridgehead atoms. The van der Waals surface area contributed by atoms with Gasteiger partial charge in [-0.25, -0.2) is 13.4 Å². The highest BCUT2D eigenvalue weighted by Gasteiger charge is 2.27.